The van der Waals surface area contributed by atoms with E-state index in [0.717, 1.165) is 39.9 Å². The van der Waals surface area contributed by atoms with Crippen molar-refractivity contribution < 1.29 is 27.2 Å². The molecule has 0 aliphatic carbocycles. The van der Waals surface area contributed by atoms with Crippen LogP contribution in [0.25, 0.3) is 0 Å². The number of ether oxygens (including phenoxy) is 3. The van der Waals surface area contributed by atoms with E-state index in [4.69, 9.17) is 14.2 Å². The SMILES string of the molecule is Cc1ccc(S(=O)(=O)[O-])c(C)c1.c1ccc(COc2ccc([S+](c3ccc(OCc4ccccn4)cc3)c3ccc(OCc4ccccn4)cc3)cc2)nc1. The van der Waals surface area contributed by atoms with Crippen molar-refractivity contribution in [1.29, 1.82) is 0 Å². The summed E-state index contributed by atoms with van der Waals surface area (Å²) in [5.74, 6) is 2.40. The number of aryl methyl sites for hydroxylation is 2. The van der Waals surface area contributed by atoms with Crippen LogP contribution in [0.3, 0.4) is 0 Å². The summed E-state index contributed by atoms with van der Waals surface area (Å²) < 4.78 is 49.8. The van der Waals surface area contributed by atoms with Crippen LogP contribution in [0.15, 0.2) is 184 Å². The Hall–Kier alpha value is -6.01. The van der Waals surface area contributed by atoms with Crippen LogP contribution < -0.4 is 14.2 Å². The summed E-state index contributed by atoms with van der Waals surface area (Å²) in [7, 11) is -4.66. The van der Waals surface area contributed by atoms with Crippen molar-refractivity contribution in [2.24, 2.45) is 0 Å². The second kappa shape index (κ2) is 18.8. The van der Waals surface area contributed by atoms with Gasteiger partial charge in [-0.25, -0.2) is 8.42 Å². The lowest BCUT2D eigenvalue weighted by Crippen LogP contribution is -2.06. The van der Waals surface area contributed by atoms with Gasteiger partial charge in [-0.05, 0) is 135 Å². The van der Waals surface area contributed by atoms with Crippen molar-refractivity contribution in [1.82, 2.24) is 15.0 Å². The molecule has 0 atom stereocenters. The van der Waals surface area contributed by atoms with Gasteiger partial charge in [0.15, 0.2) is 14.7 Å². The van der Waals surface area contributed by atoms with Crippen LogP contribution in [-0.2, 0) is 40.8 Å². The predicted molar refractivity (Wildman–Crippen MR) is 211 cm³/mol. The Bertz CT molecular complexity index is 2140. The van der Waals surface area contributed by atoms with Crippen LogP contribution in [-0.4, -0.2) is 27.9 Å². The second-order valence-corrected chi connectivity index (χ2v) is 15.6. The smallest absolute Gasteiger partial charge is 0.166 e. The molecule has 278 valence electrons. The predicted octanol–water partition coefficient (Wildman–Crippen LogP) is 8.91. The highest BCUT2D eigenvalue weighted by molar-refractivity contribution is 7.97. The lowest BCUT2D eigenvalue weighted by molar-refractivity contribution is 0.301. The van der Waals surface area contributed by atoms with E-state index in [2.05, 4.69) is 51.4 Å². The van der Waals surface area contributed by atoms with Gasteiger partial charge in [0.2, 0.25) is 0 Å². The molecule has 7 aromatic rings. The molecule has 3 aromatic heterocycles. The topological polar surface area (TPSA) is 124 Å². The average Bonchev–Trinajstić information content (AvgIpc) is 3.21. The molecule has 3 heterocycles. The fourth-order valence-electron chi connectivity index (χ4n) is 5.43. The van der Waals surface area contributed by atoms with Crippen molar-refractivity contribution in [3.63, 3.8) is 0 Å². The Labute approximate surface area is 324 Å². The van der Waals surface area contributed by atoms with E-state index in [0.29, 0.717) is 25.4 Å². The summed E-state index contributed by atoms with van der Waals surface area (Å²) in [6, 6.07) is 47.0. The lowest BCUT2D eigenvalue weighted by Gasteiger charge is -2.12. The molecule has 0 amide bonds. The molecule has 4 aromatic carbocycles. The number of aromatic nitrogens is 3. The van der Waals surface area contributed by atoms with Crippen LogP contribution >= 0.6 is 0 Å². The van der Waals surface area contributed by atoms with E-state index < -0.39 is 10.1 Å². The van der Waals surface area contributed by atoms with E-state index in [1.807, 2.05) is 97.9 Å². The van der Waals surface area contributed by atoms with Gasteiger partial charge in [-0.3, -0.25) is 15.0 Å². The molecule has 11 heteroatoms. The van der Waals surface area contributed by atoms with Gasteiger partial charge in [0, 0.05) is 18.6 Å². The Balaban J connectivity index is 0.000000367. The standard InChI is InChI=1S/C36H30N3O3S.C8H10O3S/c1-4-22-37-28(7-1)25-40-31-10-16-34(17-11-31)43(35-18-12-32(13-19-35)41-26-29-8-2-5-23-38-29)36-20-14-33(15-21-36)42-27-30-9-3-6-24-39-30;1-6-3-4-8(7(2)5-6)12(9,10)11/h1-24H,25-27H2;3-5H,1-2H3,(H,9,10,11)/q+1;/p-1. The molecular weight excluding hydrogens is 731 g/mol. The summed E-state index contributed by atoms with van der Waals surface area (Å²) >= 11 is 0. The Kier molecular flexibility index (Phi) is 13.3. The van der Waals surface area contributed by atoms with Crippen molar-refractivity contribution in [3.05, 3.63) is 192 Å². The fourth-order valence-corrected chi connectivity index (χ4v) is 8.16. The van der Waals surface area contributed by atoms with Gasteiger partial charge in [0.25, 0.3) is 0 Å². The van der Waals surface area contributed by atoms with Gasteiger partial charge in [0.1, 0.15) is 47.2 Å². The first-order valence-electron chi connectivity index (χ1n) is 17.4. The molecule has 0 fully saturated rings. The number of rotatable bonds is 13. The molecule has 0 spiro atoms. The molecular formula is C44H39N3O6S2. The van der Waals surface area contributed by atoms with E-state index in [9.17, 15) is 13.0 Å². The molecule has 0 N–H and O–H groups in total. The van der Waals surface area contributed by atoms with Crippen molar-refractivity contribution >= 4 is 21.0 Å². The van der Waals surface area contributed by atoms with Crippen LogP contribution in [0, 0.1) is 13.8 Å². The van der Waals surface area contributed by atoms with Crippen LogP contribution in [0.1, 0.15) is 28.2 Å². The summed E-state index contributed by atoms with van der Waals surface area (Å²) in [6.45, 7) is 4.72. The zero-order valence-corrected chi connectivity index (χ0v) is 32.0. The highest BCUT2D eigenvalue weighted by Gasteiger charge is 2.29. The molecule has 0 aliphatic heterocycles. The Morgan fingerprint density at radius 2 is 0.873 bits per heavy atom. The number of nitrogens with zero attached hydrogens (tertiary/aromatic N) is 3. The van der Waals surface area contributed by atoms with E-state index in [1.165, 1.54) is 20.8 Å². The summed E-state index contributed by atoms with van der Waals surface area (Å²) in [6.07, 6.45) is 5.33. The minimum Gasteiger partial charge on any atom is -0.744 e. The fraction of sp³-hybridized carbons (Fsp3) is 0.114. The third-order valence-electron chi connectivity index (χ3n) is 8.12. The maximum atomic E-state index is 10.6. The highest BCUT2D eigenvalue weighted by Crippen LogP contribution is 2.34. The third-order valence-corrected chi connectivity index (χ3v) is 11.3. The Morgan fingerprint density at radius 1 is 0.509 bits per heavy atom. The molecule has 55 heavy (non-hydrogen) atoms. The summed E-state index contributed by atoms with van der Waals surface area (Å²) in [5, 5.41) is 0. The Morgan fingerprint density at radius 3 is 1.16 bits per heavy atom. The third kappa shape index (κ3) is 11.5. The largest absolute Gasteiger partial charge is 0.744 e. The lowest BCUT2D eigenvalue weighted by atomic mass is 10.2. The second-order valence-electron chi connectivity index (χ2n) is 12.3. The molecule has 0 saturated carbocycles. The van der Waals surface area contributed by atoms with E-state index in [-0.39, 0.29) is 15.8 Å². The van der Waals surface area contributed by atoms with E-state index in [1.54, 1.807) is 37.6 Å². The van der Waals surface area contributed by atoms with Gasteiger partial charge in [-0.2, -0.15) is 0 Å². The maximum absolute atomic E-state index is 10.6. The first-order chi connectivity index (χ1) is 26.7. The van der Waals surface area contributed by atoms with Gasteiger partial charge in [0.05, 0.1) is 32.9 Å². The number of hydrogen-bond donors (Lipinski definition) is 0. The van der Waals surface area contributed by atoms with Gasteiger partial charge < -0.3 is 18.8 Å². The molecule has 0 aliphatic rings. The zero-order valence-electron chi connectivity index (χ0n) is 30.3. The first kappa shape index (κ1) is 38.7. The van der Waals surface area contributed by atoms with Crippen molar-refractivity contribution in [2.45, 2.75) is 53.3 Å². The van der Waals surface area contributed by atoms with Crippen LogP contribution in [0.2, 0.25) is 0 Å². The zero-order chi connectivity index (χ0) is 38.5. The molecule has 0 bridgehead atoms. The summed E-state index contributed by atoms with van der Waals surface area (Å²) in [4.78, 5) is 16.4. The minimum absolute atomic E-state index is 0.131. The van der Waals surface area contributed by atoms with Crippen molar-refractivity contribution in [2.75, 3.05) is 0 Å². The molecule has 0 unspecified atom stereocenters. The number of benzene rings is 4. The number of hydrogen-bond acceptors (Lipinski definition) is 9. The number of pyridine rings is 3. The van der Waals surface area contributed by atoms with Gasteiger partial charge >= 0.3 is 0 Å². The quantitative estimate of drug-likeness (QED) is 0.0836. The maximum Gasteiger partial charge on any atom is 0.166 e. The summed E-state index contributed by atoms with van der Waals surface area (Å²) in [5.41, 5.74) is 4.12. The average molecular weight is 770 g/mol. The normalized spacial score (nSPS) is 11.0. The minimum atomic E-state index is -4.30. The molecule has 7 rings (SSSR count). The molecule has 9 nitrogen and oxygen atoms in total. The monoisotopic (exact) mass is 769 g/mol. The highest BCUT2D eigenvalue weighted by atomic mass is 32.2. The first-order valence-corrected chi connectivity index (χ1v) is 20.0. The van der Waals surface area contributed by atoms with E-state index >= 15 is 0 Å². The van der Waals surface area contributed by atoms with Gasteiger partial charge in [-0.15, -0.1) is 0 Å². The molecule has 0 saturated heterocycles. The van der Waals surface area contributed by atoms with Gasteiger partial charge in [-0.1, -0.05) is 35.9 Å². The van der Waals surface area contributed by atoms with Crippen molar-refractivity contribution in [3.8, 4) is 17.2 Å². The van der Waals surface area contributed by atoms with Crippen LogP contribution in [0.4, 0.5) is 0 Å². The molecule has 0 radical (unpaired) electrons. The van der Waals surface area contributed by atoms with Crippen LogP contribution in [0.5, 0.6) is 17.2 Å².